The molecule has 5 heteroatoms. The Morgan fingerprint density at radius 3 is 2.10 bits per heavy atom. The molecule has 1 N–H and O–H groups in total. The average Bonchev–Trinajstić information content (AvgIpc) is 2.66. The second-order valence-corrected chi connectivity index (χ2v) is 8.36. The van der Waals surface area contributed by atoms with Gasteiger partial charge in [-0.25, -0.2) is 0 Å². The molecule has 0 spiro atoms. The maximum absolute atomic E-state index is 13.2. The van der Waals surface area contributed by atoms with Gasteiger partial charge in [-0.05, 0) is 57.9 Å². The Morgan fingerprint density at radius 1 is 0.900 bits per heavy atom. The van der Waals surface area contributed by atoms with E-state index in [4.69, 9.17) is 0 Å². The van der Waals surface area contributed by atoms with Crippen LogP contribution in [0, 0.1) is 0 Å². The van der Waals surface area contributed by atoms with E-state index in [-0.39, 0.29) is 29.9 Å². The zero-order valence-corrected chi connectivity index (χ0v) is 19.1. The monoisotopic (exact) mass is 409 g/mol. The summed E-state index contributed by atoms with van der Waals surface area (Å²) in [7, 11) is 0. The predicted molar refractivity (Wildman–Crippen MR) is 123 cm³/mol. The zero-order chi connectivity index (χ0) is 22.3. The SMILES string of the molecule is CC(=O)Nc1cccc([C@H](C)N(CC(=O)N(C(C)C)C(C)C)Cc2ccccc2)c1. The van der Waals surface area contributed by atoms with Gasteiger partial charge < -0.3 is 10.2 Å². The van der Waals surface area contributed by atoms with Crippen molar-refractivity contribution in [2.75, 3.05) is 11.9 Å². The summed E-state index contributed by atoms with van der Waals surface area (Å²) in [6, 6.07) is 18.3. The van der Waals surface area contributed by atoms with Crippen molar-refractivity contribution in [2.45, 2.75) is 66.2 Å². The van der Waals surface area contributed by atoms with E-state index >= 15 is 0 Å². The van der Waals surface area contributed by atoms with E-state index in [9.17, 15) is 9.59 Å². The average molecular weight is 410 g/mol. The lowest BCUT2D eigenvalue weighted by Gasteiger charge is -2.35. The first-order valence-electron chi connectivity index (χ1n) is 10.7. The van der Waals surface area contributed by atoms with Gasteiger partial charge in [0.1, 0.15) is 0 Å². The topological polar surface area (TPSA) is 52.7 Å². The van der Waals surface area contributed by atoms with Crippen molar-refractivity contribution in [1.82, 2.24) is 9.80 Å². The van der Waals surface area contributed by atoms with Crippen molar-refractivity contribution in [3.8, 4) is 0 Å². The van der Waals surface area contributed by atoms with Gasteiger partial charge in [0, 0.05) is 37.3 Å². The minimum atomic E-state index is -0.0966. The number of hydrogen-bond donors (Lipinski definition) is 1. The minimum Gasteiger partial charge on any atom is -0.337 e. The van der Waals surface area contributed by atoms with Gasteiger partial charge in [0.15, 0.2) is 0 Å². The number of amides is 2. The summed E-state index contributed by atoms with van der Waals surface area (Å²) >= 11 is 0. The molecule has 0 radical (unpaired) electrons. The van der Waals surface area contributed by atoms with Gasteiger partial charge in [-0.2, -0.15) is 0 Å². The molecular formula is C25H35N3O2. The van der Waals surface area contributed by atoms with Gasteiger partial charge in [-0.3, -0.25) is 14.5 Å². The normalized spacial score (nSPS) is 12.3. The third kappa shape index (κ3) is 6.70. The van der Waals surface area contributed by atoms with Crippen LogP contribution in [0.4, 0.5) is 5.69 Å². The van der Waals surface area contributed by atoms with E-state index in [1.54, 1.807) is 0 Å². The highest BCUT2D eigenvalue weighted by Crippen LogP contribution is 2.25. The van der Waals surface area contributed by atoms with E-state index in [0.29, 0.717) is 13.1 Å². The highest BCUT2D eigenvalue weighted by atomic mass is 16.2. The molecule has 0 aliphatic rings. The second kappa shape index (κ2) is 10.9. The zero-order valence-electron chi connectivity index (χ0n) is 19.1. The Morgan fingerprint density at radius 2 is 1.53 bits per heavy atom. The van der Waals surface area contributed by atoms with Gasteiger partial charge in [0.25, 0.3) is 0 Å². The van der Waals surface area contributed by atoms with E-state index in [1.165, 1.54) is 6.92 Å². The van der Waals surface area contributed by atoms with Crippen LogP contribution in [0.5, 0.6) is 0 Å². The molecule has 30 heavy (non-hydrogen) atoms. The first kappa shape index (κ1) is 23.6. The molecule has 2 aromatic rings. The van der Waals surface area contributed by atoms with E-state index < -0.39 is 0 Å². The van der Waals surface area contributed by atoms with E-state index in [1.807, 2.05) is 47.4 Å². The molecule has 0 aromatic heterocycles. The van der Waals surface area contributed by atoms with Gasteiger partial charge >= 0.3 is 0 Å². The molecule has 162 valence electrons. The van der Waals surface area contributed by atoms with Gasteiger partial charge in [-0.15, -0.1) is 0 Å². The third-order valence-corrected chi connectivity index (χ3v) is 5.20. The van der Waals surface area contributed by atoms with Crippen molar-refractivity contribution in [3.63, 3.8) is 0 Å². The first-order valence-corrected chi connectivity index (χ1v) is 10.7. The smallest absolute Gasteiger partial charge is 0.237 e. The number of nitrogens with one attached hydrogen (secondary N) is 1. The van der Waals surface area contributed by atoms with Gasteiger partial charge in [0.05, 0.1) is 6.54 Å². The Labute approximate surface area is 181 Å². The van der Waals surface area contributed by atoms with Crippen LogP contribution in [0.1, 0.15) is 58.7 Å². The second-order valence-electron chi connectivity index (χ2n) is 8.36. The molecule has 5 nitrogen and oxygen atoms in total. The molecule has 0 heterocycles. The van der Waals surface area contributed by atoms with Crippen LogP contribution in [0.2, 0.25) is 0 Å². The first-order chi connectivity index (χ1) is 14.2. The molecular weight excluding hydrogens is 374 g/mol. The van der Waals surface area contributed by atoms with Crippen LogP contribution in [0.15, 0.2) is 54.6 Å². The van der Waals surface area contributed by atoms with Crippen LogP contribution >= 0.6 is 0 Å². The lowest BCUT2D eigenvalue weighted by Crippen LogP contribution is -2.47. The Kier molecular flexibility index (Phi) is 8.60. The lowest BCUT2D eigenvalue weighted by molar-refractivity contribution is -0.136. The molecule has 2 aromatic carbocycles. The van der Waals surface area contributed by atoms with Gasteiger partial charge in [-0.1, -0.05) is 42.5 Å². The molecule has 2 rings (SSSR count). The largest absolute Gasteiger partial charge is 0.337 e. The number of carbonyl (C=O) groups is 2. The molecule has 0 aliphatic heterocycles. The number of anilines is 1. The van der Waals surface area contributed by atoms with Crippen molar-refractivity contribution in [1.29, 1.82) is 0 Å². The lowest BCUT2D eigenvalue weighted by atomic mass is 10.0. The van der Waals surface area contributed by atoms with Crippen molar-refractivity contribution in [2.24, 2.45) is 0 Å². The Balaban J connectivity index is 2.31. The highest BCUT2D eigenvalue weighted by molar-refractivity contribution is 5.88. The number of nitrogens with zero attached hydrogens (tertiary/aromatic N) is 2. The van der Waals surface area contributed by atoms with Gasteiger partial charge in [0.2, 0.25) is 11.8 Å². The molecule has 2 amide bonds. The summed E-state index contributed by atoms with van der Waals surface area (Å²) in [6.45, 7) is 12.8. The quantitative estimate of drug-likeness (QED) is 0.644. The summed E-state index contributed by atoms with van der Waals surface area (Å²) < 4.78 is 0. The highest BCUT2D eigenvalue weighted by Gasteiger charge is 2.25. The number of hydrogen-bond acceptors (Lipinski definition) is 3. The number of benzene rings is 2. The third-order valence-electron chi connectivity index (χ3n) is 5.20. The maximum Gasteiger partial charge on any atom is 0.237 e. The van der Waals surface area contributed by atoms with Crippen LogP contribution in [0.3, 0.4) is 0 Å². The predicted octanol–water partition coefficient (Wildman–Crippen LogP) is 4.85. The number of carbonyl (C=O) groups excluding carboxylic acids is 2. The molecule has 0 aliphatic carbocycles. The molecule has 1 atom stereocenters. The molecule has 0 bridgehead atoms. The summed E-state index contributed by atoms with van der Waals surface area (Å²) in [5.74, 6) is 0.0291. The maximum atomic E-state index is 13.2. The van der Waals surface area contributed by atoms with Crippen molar-refractivity contribution >= 4 is 17.5 Å². The Hall–Kier alpha value is -2.66. The molecule has 0 fully saturated rings. The Bertz CT molecular complexity index is 825. The van der Waals surface area contributed by atoms with E-state index in [2.05, 4.69) is 57.0 Å². The summed E-state index contributed by atoms with van der Waals surface area (Å²) in [4.78, 5) is 28.8. The fourth-order valence-corrected chi connectivity index (χ4v) is 3.87. The minimum absolute atomic E-state index is 0.00374. The van der Waals surface area contributed by atoms with Crippen LogP contribution in [-0.2, 0) is 16.1 Å². The fourth-order valence-electron chi connectivity index (χ4n) is 3.87. The summed E-state index contributed by atoms with van der Waals surface area (Å²) in [6.07, 6.45) is 0. The molecule has 0 saturated heterocycles. The van der Waals surface area contributed by atoms with Crippen LogP contribution in [-0.4, -0.2) is 40.2 Å². The van der Waals surface area contributed by atoms with Crippen molar-refractivity contribution < 1.29 is 9.59 Å². The summed E-state index contributed by atoms with van der Waals surface area (Å²) in [5, 5.41) is 2.84. The standard InChI is InChI=1S/C25H35N3O2/c1-18(2)28(19(3)4)25(30)17-27(16-22-11-8-7-9-12-22)20(5)23-13-10-14-24(15-23)26-21(6)29/h7-15,18-20H,16-17H2,1-6H3,(H,26,29)/t20-/m0/s1. The molecule has 0 saturated carbocycles. The fraction of sp³-hybridized carbons (Fsp3) is 0.440. The van der Waals surface area contributed by atoms with Crippen LogP contribution < -0.4 is 5.32 Å². The number of rotatable bonds is 9. The van der Waals surface area contributed by atoms with E-state index in [0.717, 1.165) is 16.8 Å². The van der Waals surface area contributed by atoms with Crippen molar-refractivity contribution in [3.05, 3.63) is 65.7 Å². The molecule has 0 unspecified atom stereocenters. The summed E-state index contributed by atoms with van der Waals surface area (Å²) in [5.41, 5.74) is 2.99. The van der Waals surface area contributed by atoms with Crippen LogP contribution in [0.25, 0.3) is 0 Å².